The van der Waals surface area contributed by atoms with Crippen LogP contribution >= 0.6 is 11.6 Å². The first-order chi connectivity index (χ1) is 14.4. The Bertz CT molecular complexity index is 849. The molecule has 2 saturated heterocycles. The molecule has 6 nitrogen and oxygen atoms in total. The number of amides is 1. The van der Waals surface area contributed by atoms with Gasteiger partial charge in [0, 0.05) is 38.3 Å². The average Bonchev–Trinajstić information content (AvgIpc) is 3.09. The Balaban J connectivity index is 1.38. The molecule has 1 atom stereocenters. The summed E-state index contributed by atoms with van der Waals surface area (Å²) in [5, 5.41) is 0.757. The Morgan fingerprint density at radius 2 is 1.70 bits per heavy atom. The van der Waals surface area contributed by atoms with Gasteiger partial charge >= 0.3 is 0 Å². The predicted octanol–water partition coefficient (Wildman–Crippen LogP) is 2.81. The Morgan fingerprint density at radius 1 is 1.00 bits per heavy atom. The minimum atomic E-state index is -3.01. The van der Waals surface area contributed by atoms with Crippen LogP contribution in [0.25, 0.3) is 0 Å². The number of hydrogen-bond donors (Lipinski definition) is 0. The van der Waals surface area contributed by atoms with Gasteiger partial charge in [-0.15, -0.1) is 0 Å². The molecule has 0 spiro atoms. The maximum atomic E-state index is 13.4. The molecule has 1 aliphatic carbocycles. The van der Waals surface area contributed by atoms with Crippen molar-refractivity contribution in [1.82, 2.24) is 9.80 Å². The number of para-hydroxylation sites is 1. The van der Waals surface area contributed by atoms with Crippen molar-refractivity contribution in [2.45, 2.75) is 50.6 Å². The monoisotopic (exact) mass is 453 g/mol. The Labute approximate surface area is 185 Å². The summed E-state index contributed by atoms with van der Waals surface area (Å²) in [6, 6.07) is 7.93. The molecule has 4 rings (SSSR count). The number of halogens is 1. The highest BCUT2D eigenvalue weighted by molar-refractivity contribution is 7.91. The fourth-order valence-corrected chi connectivity index (χ4v) is 7.15. The largest absolute Gasteiger partial charge is 0.368 e. The van der Waals surface area contributed by atoms with Crippen molar-refractivity contribution in [2.24, 2.45) is 0 Å². The van der Waals surface area contributed by atoms with Crippen molar-refractivity contribution in [3.05, 3.63) is 29.3 Å². The molecule has 8 heteroatoms. The molecule has 1 amide bonds. The van der Waals surface area contributed by atoms with Gasteiger partial charge in [0.15, 0.2) is 9.84 Å². The van der Waals surface area contributed by atoms with Crippen LogP contribution in [0.2, 0.25) is 5.02 Å². The fourth-order valence-electron chi connectivity index (χ4n) is 5.19. The predicted molar refractivity (Wildman–Crippen MR) is 121 cm³/mol. The average molecular weight is 454 g/mol. The number of carbonyl (C=O) groups excluding carboxylic acids is 1. The number of rotatable bonds is 5. The van der Waals surface area contributed by atoms with Gasteiger partial charge in [0.25, 0.3) is 0 Å². The molecular formula is C22H32ClN3O3S. The molecule has 2 aliphatic heterocycles. The summed E-state index contributed by atoms with van der Waals surface area (Å²) in [6.45, 7) is 3.65. The van der Waals surface area contributed by atoms with Crippen LogP contribution in [0.5, 0.6) is 0 Å². The molecule has 166 valence electrons. The lowest BCUT2D eigenvalue weighted by Crippen LogP contribution is -2.54. The van der Waals surface area contributed by atoms with Crippen LogP contribution < -0.4 is 4.90 Å². The summed E-state index contributed by atoms with van der Waals surface area (Å²) in [5.74, 6) is 0.454. The molecule has 1 aromatic carbocycles. The van der Waals surface area contributed by atoms with Gasteiger partial charge < -0.3 is 9.80 Å². The Morgan fingerprint density at radius 3 is 2.33 bits per heavy atom. The minimum Gasteiger partial charge on any atom is -0.368 e. The molecule has 0 aromatic heterocycles. The summed E-state index contributed by atoms with van der Waals surface area (Å²) >= 11 is 6.34. The lowest BCUT2D eigenvalue weighted by Gasteiger charge is -2.41. The minimum absolute atomic E-state index is 0.107. The number of sulfone groups is 1. The third-order valence-electron chi connectivity index (χ3n) is 6.78. The van der Waals surface area contributed by atoms with Gasteiger partial charge in [0.2, 0.25) is 5.91 Å². The van der Waals surface area contributed by atoms with E-state index >= 15 is 0 Å². The topological polar surface area (TPSA) is 60.9 Å². The highest BCUT2D eigenvalue weighted by Gasteiger charge is 2.39. The second-order valence-corrected chi connectivity index (χ2v) is 11.5. The maximum absolute atomic E-state index is 13.4. The number of anilines is 1. The van der Waals surface area contributed by atoms with E-state index in [0.717, 1.165) is 62.6 Å². The second-order valence-electron chi connectivity index (χ2n) is 8.86. The molecule has 0 bridgehead atoms. The van der Waals surface area contributed by atoms with Crippen LogP contribution in [0.15, 0.2) is 24.3 Å². The van der Waals surface area contributed by atoms with E-state index in [2.05, 4.69) is 9.80 Å². The first kappa shape index (κ1) is 21.9. The van der Waals surface area contributed by atoms with E-state index < -0.39 is 9.84 Å². The summed E-state index contributed by atoms with van der Waals surface area (Å²) in [6.07, 6.45) is 6.07. The molecule has 3 fully saturated rings. The zero-order valence-corrected chi connectivity index (χ0v) is 19.1. The smallest absolute Gasteiger partial charge is 0.237 e. The van der Waals surface area contributed by atoms with Crippen LogP contribution in [0.1, 0.15) is 38.5 Å². The van der Waals surface area contributed by atoms with Crippen molar-refractivity contribution in [3.8, 4) is 0 Å². The normalized spacial score (nSPS) is 25.4. The molecule has 1 unspecified atom stereocenters. The summed E-state index contributed by atoms with van der Waals surface area (Å²) < 4.78 is 24.1. The molecular weight excluding hydrogens is 422 g/mol. The third kappa shape index (κ3) is 5.11. The third-order valence-corrected chi connectivity index (χ3v) is 8.85. The molecule has 0 radical (unpaired) electrons. The molecule has 1 aromatic rings. The SMILES string of the molecule is O=C(CN1CCN(c2ccccc2Cl)CC1)N(C1CCCCC1)C1CCS(=O)(=O)C1. The lowest BCUT2D eigenvalue weighted by atomic mass is 9.92. The Kier molecular flexibility index (Phi) is 6.90. The van der Waals surface area contributed by atoms with Crippen molar-refractivity contribution < 1.29 is 13.2 Å². The van der Waals surface area contributed by atoms with Gasteiger partial charge in [0.05, 0.1) is 28.8 Å². The molecule has 1 saturated carbocycles. The van der Waals surface area contributed by atoms with Crippen LogP contribution in [0, 0.1) is 0 Å². The fraction of sp³-hybridized carbons (Fsp3) is 0.682. The Hall–Kier alpha value is -1.31. The number of hydrogen-bond acceptors (Lipinski definition) is 5. The van der Waals surface area contributed by atoms with Gasteiger partial charge in [-0.2, -0.15) is 0 Å². The van der Waals surface area contributed by atoms with Gasteiger partial charge in [0.1, 0.15) is 0 Å². The van der Waals surface area contributed by atoms with Gasteiger partial charge in [-0.1, -0.05) is 43.0 Å². The van der Waals surface area contributed by atoms with E-state index in [1.165, 1.54) is 6.42 Å². The van der Waals surface area contributed by atoms with Gasteiger partial charge in [-0.05, 0) is 31.4 Å². The highest BCUT2D eigenvalue weighted by atomic mass is 35.5. The van der Waals surface area contributed by atoms with Crippen LogP contribution in [0.3, 0.4) is 0 Å². The van der Waals surface area contributed by atoms with Crippen LogP contribution in [-0.2, 0) is 14.6 Å². The number of nitrogens with zero attached hydrogens (tertiary/aromatic N) is 3. The van der Waals surface area contributed by atoms with E-state index in [4.69, 9.17) is 11.6 Å². The summed E-state index contributed by atoms with van der Waals surface area (Å²) in [4.78, 5) is 19.8. The maximum Gasteiger partial charge on any atom is 0.237 e. The highest BCUT2D eigenvalue weighted by Crippen LogP contribution is 2.29. The van der Waals surface area contributed by atoms with Crippen molar-refractivity contribution in [3.63, 3.8) is 0 Å². The number of piperazine rings is 1. The molecule has 3 aliphatic rings. The van der Waals surface area contributed by atoms with Gasteiger partial charge in [-0.3, -0.25) is 9.69 Å². The first-order valence-electron chi connectivity index (χ1n) is 11.2. The molecule has 30 heavy (non-hydrogen) atoms. The second kappa shape index (κ2) is 9.45. The molecule has 0 N–H and O–H groups in total. The van der Waals surface area contributed by atoms with E-state index in [1.807, 2.05) is 29.2 Å². The quantitative estimate of drug-likeness (QED) is 0.686. The zero-order chi connectivity index (χ0) is 21.1. The van der Waals surface area contributed by atoms with E-state index in [0.29, 0.717) is 13.0 Å². The van der Waals surface area contributed by atoms with Crippen molar-refractivity contribution in [2.75, 3.05) is 49.1 Å². The summed E-state index contributed by atoms with van der Waals surface area (Å²) in [7, 11) is -3.01. The van der Waals surface area contributed by atoms with E-state index in [1.54, 1.807) is 0 Å². The lowest BCUT2D eigenvalue weighted by molar-refractivity contribution is -0.137. The number of carbonyl (C=O) groups is 1. The number of benzene rings is 1. The first-order valence-corrected chi connectivity index (χ1v) is 13.4. The van der Waals surface area contributed by atoms with Crippen molar-refractivity contribution in [1.29, 1.82) is 0 Å². The van der Waals surface area contributed by atoms with Gasteiger partial charge in [-0.25, -0.2) is 8.42 Å². The van der Waals surface area contributed by atoms with Crippen molar-refractivity contribution >= 4 is 33.0 Å². The van der Waals surface area contributed by atoms with Crippen LogP contribution in [-0.4, -0.2) is 80.4 Å². The zero-order valence-electron chi connectivity index (χ0n) is 17.5. The van der Waals surface area contributed by atoms with E-state index in [-0.39, 0.29) is 29.5 Å². The van der Waals surface area contributed by atoms with Crippen LogP contribution in [0.4, 0.5) is 5.69 Å². The molecule has 2 heterocycles. The summed E-state index contributed by atoms with van der Waals surface area (Å²) in [5.41, 5.74) is 1.05. The standard InChI is InChI=1S/C22H32ClN3O3S/c23-20-8-4-5-9-21(20)25-13-11-24(12-14-25)16-22(27)26(18-6-2-1-3-7-18)19-10-15-30(28,29)17-19/h4-5,8-9,18-19H,1-3,6-7,10-17H2. The van der Waals surface area contributed by atoms with E-state index in [9.17, 15) is 13.2 Å².